The average Bonchev–Trinajstić information content (AvgIpc) is 1.50. The summed E-state index contributed by atoms with van der Waals surface area (Å²) in [5.41, 5.74) is 14.1. The van der Waals surface area contributed by atoms with Crippen molar-refractivity contribution in [2.45, 2.75) is 6.18 Å². The Bertz CT molecular complexity index is 6040. The zero-order valence-electron chi connectivity index (χ0n) is 52.0. The minimum Gasteiger partial charge on any atom is -0.309 e. The topological polar surface area (TPSA) is 77.2 Å². The van der Waals surface area contributed by atoms with Crippen molar-refractivity contribution in [3.63, 3.8) is 0 Å². The molecule has 0 spiro atoms. The number of alkyl halides is 3. The Labute approximate surface area is 556 Å². The second-order valence-corrected chi connectivity index (χ2v) is 25.3. The first-order valence-electron chi connectivity index (χ1n) is 32.5. The van der Waals surface area contributed by atoms with Gasteiger partial charge in [-0.3, -0.25) is 0 Å². The summed E-state index contributed by atoms with van der Waals surface area (Å²) in [5, 5.41) is 35.1. The molecule has 0 aliphatic heterocycles. The number of hydrogen-bond acceptors (Lipinski definition) is 2. The lowest BCUT2D eigenvalue weighted by Gasteiger charge is -2.21. The fourth-order valence-corrected chi connectivity index (χ4v) is 16.2. The van der Waals surface area contributed by atoms with Crippen LogP contribution in [-0.4, -0.2) is 27.4 Å². The van der Waals surface area contributed by atoms with Gasteiger partial charge in [0.15, 0.2) is 0 Å². The Hall–Kier alpha value is -13.4. The number of hydrogen-bond donors (Lipinski definition) is 0. The SMILES string of the molecule is N#Cc1ccc(-c2cc(-n3c4cc(-n5c6ccccc6c6ccccc65)ccc4c4ccc(-n5c6ccccc6c6ccccc65)cc43)c(C#N)c(-n3c4cc(-n5c6ccccc6c6ccccc65)ccc4c4ccc(-n5c6ccccc6c6ccccc65)cc43)c2)c(C(F)(F)F)c1. The summed E-state index contributed by atoms with van der Waals surface area (Å²) < 4.78 is 61.8. The number of benzene rings is 14. The van der Waals surface area contributed by atoms with Crippen LogP contribution in [0.3, 0.4) is 0 Å². The Balaban J connectivity index is 0.957. The largest absolute Gasteiger partial charge is 0.417 e. The van der Waals surface area contributed by atoms with E-state index in [0.717, 1.165) is 160 Å². The number of nitrogens with zero attached hydrogens (tertiary/aromatic N) is 8. The van der Waals surface area contributed by atoms with E-state index in [1.165, 1.54) is 12.1 Å². The molecule has 14 aromatic carbocycles. The molecule has 0 saturated heterocycles. The molecule has 0 bridgehead atoms. The second kappa shape index (κ2) is 20.6. The van der Waals surface area contributed by atoms with Crippen LogP contribution in [0.2, 0.25) is 0 Å². The maximum atomic E-state index is 16.2. The summed E-state index contributed by atoms with van der Waals surface area (Å²) in [6, 6.07) is 104. The summed E-state index contributed by atoms with van der Waals surface area (Å²) in [7, 11) is 0. The molecule has 0 aliphatic carbocycles. The number of aromatic nitrogens is 6. The standard InChI is InChI=1S/C87H49F3N8/c88-87(89,90)72-43-52(50-91)33-38-58(72)53-44-81(97-83-46-54(93-73-25-9-1-17-59(73)60-18-2-10-26-74(60)93)34-39-67(83)68-40-35-55(47-84(68)97)94-75-27-11-3-19-61(75)62-20-4-12-28-76(62)94)71(51-92)82(45-53)98-85-48-56(95-77-29-13-5-21-63(77)64-22-6-14-30-78(64)95)36-41-69(85)70-42-37-57(49-86(70)98)96-79-31-15-7-23-65(79)66-24-8-16-32-80(66)96/h1-49H. The van der Waals surface area contributed by atoms with Gasteiger partial charge in [0.25, 0.3) is 0 Å². The van der Waals surface area contributed by atoms with Crippen molar-refractivity contribution in [2.75, 3.05) is 0 Å². The summed E-state index contributed by atoms with van der Waals surface area (Å²) in [6.45, 7) is 0. The summed E-state index contributed by atoms with van der Waals surface area (Å²) in [4.78, 5) is 0. The number of fused-ring (bicyclic) bond motifs is 18. The van der Waals surface area contributed by atoms with Gasteiger partial charge in [0.1, 0.15) is 11.6 Å². The molecule has 0 aliphatic rings. The van der Waals surface area contributed by atoms with E-state index in [-0.39, 0.29) is 22.3 Å². The lowest BCUT2D eigenvalue weighted by Crippen LogP contribution is -2.10. The van der Waals surface area contributed by atoms with Crippen LogP contribution >= 0.6 is 0 Å². The van der Waals surface area contributed by atoms with E-state index in [4.69, 9.17) is 0 Å². The van der Waals surface area contributed by atoms with E-state index in [1.54, 1.807) is 12.1 Å². The first-order valence-corrected chi connectivity index (χ1v) is 32.5. The molecule has 0 radical (unpaired) electrons. The van der Waals surface area contributed by atoms with Gasteiger partial charge in [-0.1, -0.05) is 176 Å². The third kappa shape index (κ3) is 7.81. The van der Waals surface area contributed by atoms with Gasteiger partial charge in [-0.15, -0.1) is 0 Å². The normalized spacial score (nSPS) is 12.2. The lowest BCUT2D eigenvalue weighted by molar-refractivity contribution is -0.137. The van der Waals surface area contributed by atoms with E-state index in [0.29, 0.717) is 11.4 Å². The van der Waals surface area contributed by atoms with Crippen molar-refractivity contribution in [2.24, 2.45) is 0 Å². The van der Waals surface area contributed by atoms with Crippen LogP contribution in [0.1, 0.15) is 16.7 Å². The van der Waals surface area contributed by atoms with Gasteiger partial charge < -0.3 is 27.4 Å². The summed E-state index contributed by atoms with van der Waals surface area (Å²) in [6.07, 6.45) is -4.90. The molecular formula is C87H49F3N8. The van der Waals surface area contributed by atoms with Crippen molar-refractivity contribution < 1.29 is 13.2 Å². The van der Waals surface area contributed by atoms with Gasteiger partial charge in [0.2, 0.25) is 0 Å². The van der Waals surface area contributed by atoms with Crippen LogP contribution in [0.15, 0.2) is 297 Å². The van der Waals surface area contributed by atoms with Gasteiger partial charge in [-0.2, -0.15) is 23.7 Å². The van der Waals surface area contributed by atoms with E-state index in [2.05, 4.69) is 252 Å². The average molecular weight is 1260 g/mol. The van der Waals surface area contributed by atoms with Crippen molar-refractivity contribution in [1.29, 1.82) is 10.5 Å². The molecule has 0 saturated carbocycles. The predicted octanol–water partition coefficient (Wildman–Crippen LogP) is 22.7. The van der Waals surface area contributed by atoms with Gasteiger partial charge in [-0.05, 0) is 132 Å². The maximum Gasteiger partial charge on any atom is 0.417 e. The highest BCUT2D eigenvalue weighted by atomic mass is 19.4. The molecule has 11 heteroatoms. The Morgan fingerprint density at radius 2 is 0.500 bits per heavy atom. The fourth-order valence-electron chi connectivity index (χ4n) is 16.2. The third-order valence-electron chi connectivity index (χ3n) is 20.3. The quantitative estimate of drug-likeness (QED) is 0.159. The van der Waals surface area contributed by atoms with Crippen LogP contribution in [0.5, 0.6) is 0 Å². The molecule has 0 atom stereocenters. The number of halogens is 3. The number of rotatable bonds is 7. The highest BCUT2D eigenvalue weighted by Crippen LogP contribution is 2.47. The molecule has 20 aromatic rings. The molecule has 98 heavy (non-hydrogen) atoms. The van der Waals surface area contributed by atoms with Gasteiger partial charge in [0.05, 0.1) is 94.8 Å². The third-order valence-corrected chi connectivity index (χ3v) is 20.3. The molecule has 6 aromatic heterocycles. The zero-order chi connectivity index (χ0) is 65.2. The van der Waals surface area contributed by atoms with Crippen LogP contribution in [-0.2, 0) is 6.18 Å². The molecule has 0 amide bonds. The highest BCUT2D eigenvalue weighted by molar-refractivity contribution is 6.17. The molecule has 0 N–H and O–H groups in total. The van der Waals surface area contributed by atoms with E-state index in [9.17, 15) is 10.5 Å². The van der Waals surface area contributed by atoms with Gasteiger partial charge in [-0.25, -0.2) is 0 Å². The van der Waals surface area contributed by atoms with E-state index < -0.39 is 11.7 Å². The highest BCUT2D eigenvalue weighted by Gasteiger charge is 2.35. The molecule has 0 fully saturated rings. The molecule has 0 unspecified atom stereocenters. The van der Waals surface area contributed by atoms with Crippen LogP contribution in [0, 0.1) is 22.7 Å². The van der Waals surface area contributed by atoms with E-state index >= 15 is 13.2 Å². The first kappa shape index (κ1) is 55.1. The molecule has 20 rings (SSSR count). The Kier molecular flexibility index (Phi) is 11.6. The van der Waals surface area contributed by atoms with Crippen molar-refractivity contribution in [3.8, 4) is 57.4 Å². The van der Waals surface area contributed by atoms with Gasteiger partial charge in [0, 0.05) is 87.4 Å². The Morgan fingerprint density at radius 3 is 0.745 bits per heavy atom. The van der Waals surface area contributed by atoms with Crippen molar-refractivity contribution in [1.82, 2.24) is 27.4 Å². The minimum absolute atomic E-state index is 0.134. The van der Waals surface area contributed by atoms with E-state index in [1.807, 2.05) is 54.6 Å². The predicted molar refractivity (Wildman–Crippen MR) is 392 cm³/mol. The monoisotopic (exact) mass is 1260 g/mol. The van der Waals surface area contributed by atoms with Crippen LogP contribution in [0.25, 0.3) is 176 Å². The van der Waals surface area contributed by atoms with Gasteiger partial charge >= 0.3 is 6.18 Å². The van der Waals surface area contributed by atoms with Crippen molar-refractivity contribution >= 4 is 131 Å². The molecular weight excluding hydrogens is 1210 g/mol. The second-order valence-electron chi connectivity index (χ2n) is 25.3. The minimum atomic E-state index is -4.90. The summed E-state index contributed by atoms with van der Waals surface area (Å²) >= 11 is 0. The number of nitriles is 2. The molecule has 6 heterocycles. The smallest absolute Gasteiger partial charge is 0.309 e. The zero-order valence-corrected chi connectivity index (χ0v) is 52.0. The van der Waals surface area contributed by atoms with Crippen LogP contribution in [0.4, 0.5) is 13.2 Å². The Morgan fingerprint density at radius 1 is 0.245 bits per heavy atom. The van der Waals surface area contributed by atoms with Crippen molar-refractivity contribution in [3.05, 3.63) is 314 Å². The number of para-hydroxylation sites is 8. The van der Waals surface area contributed by atoms with Crippen LogP contribution < -0.4 is 0 Å². The lowest BCUT2D eigenvalue weighted by atomic mass is 9.94. The fraction of sp³-hybridized carbons (Fsp3) is 0.0115. The maximum absolute atomic E-state index is 16.2. The molecule has 8 nitrogen and oxygen atoms in total. The first-order chi connectivity index (χ1) is 48.2. The molecule has 458 valence electrons. The summed E-state index contributed by atoms with van der Waals surface area (Å²) in [5.74, 6) is 0.